The highest BCUT2D eigenvalue weighted by Crippen LogP contribution is 2.03. The van der Waals surface area contributed by atoms with Crippen LogP contribution < -0.4 is 5.32 Å². The van der Waals surface area contributed by atoms with E-state index in [2.05, 4.69) is 15.0 Å². The molecular weight excluding hydrogens is 172 g/mol. The normalized spacial score (nSPS) is 11.3. The first-order chi connectivity index (χ1) is 6.05. The van der Waals surface area contributed by atoms with E-state index in [0.717, 1.165) is 0 Å². The number of amides is 1. The SMILES string of the molecule is CC(C)(CO)NC(=O)c1ccno1. The number of nitrogens with zero attached hydrogens (tertiary/aromatic N) is 1. The van der Waals surface area contributed by atoms with Crippen LogP contribution >= 0.6 is 0 Å². The Bertz CT molecular complexity index is 280. The Kier molecular flexibility index (Phi) is 2.67. The van der Waals surface area contributed by atoms with Gasteiger partial charge in [0.1, 0.15) is 0 Å². The second-order valence-electron chi connectivity index (χ2n) is 3.37. The number of hydrogen-bond acceptors (Lipinski definition) is 4. The topological polar surface area (TPSA) is 75.4 Å². The standard InChI is InChI=1S/C8H12N2O3/c1-8(2,5-11)10-7(12)6-3-4-9-13-6/h3-4,11H,5H2,1-2H3,(H,10,12). The van der Waals surface area contributed by atoms with Gasteiger partial charge in [-0.15, -0.1) is 0 Å². The van der Waals surface area contributed by atoms with E-state index in [4.69, 9.17) is 5.11 Å². The first-order valence-corrected chi connectivity index (χ1v) is 3.89. The van der Waals surface area contributed by atoms with Crippen LogP contribution in [-0.4, -0.2) is 28.3 Å². The number of aliphatic hydroxyl groups excluding tert-OH is 1. The van der Waals surface area contributed by atoms with E-state index in [9.17, 15) is 4.79 Å². The summed E-state index contributed by atoms with van der Waals surface area (Å²) in [5, 5.41) is 14.9. The Morgan fingerprint density at radius 3 is 2.92 bits per heavy atom. The first kappa shape index (κ1) is 9.73. The summed E-state index contributed by atoms with van der Waals surface area (Å²) in [5.41, 5.74) is -0.649. The molecule has 1 amide bonds. The van der Waals surface area contributed by atoms with E-state index in [-0.39, 0.29) is 18.3 Å². The number of aromatic nitrogens is 1. The fraction of sp³-hybridized carbons (Fsp3) is 0.500. The van der Waals surface area contributed by atoms with Crippen LogP contribution in [0.5, 0.6) is 0 Å². The van der Waals surface area contributed by atoms with Crippen molar-refractivity contribution < 1.29 is 14.4 Å². The minimum Gasteiger partial charge on any atom is -0.394 e. The molecule has 72 valence electrons. The van der Waals surface area contributed by atoms with Gasteiger partial charge >= 0.3 is 0 Å². The molecule has 5 heteroatoms. The molecule has 0 fully saturated rings. The second-order valence-corrected chi connectivity index (χ2v) is 3.37. The highest BCUT2D eigenvalue weighted by Gasteiger charge is 2.21. The number of rotatable bonds is 3. The fourth-order valence-corrected chi connectivity index (χ4v) is 0.741. The van der Waals surface area contributed by atoms with E-state index < -0.39 is 5.54 Å². The summed E-state index contributed by atoms with van der Waals surface area (Å²) in [6.45, 7) is 3.29. The number of carbonyl (C=O) groups is 1. The molecule has 0 bridgehead atoms. The molecule has 0 aliphatic rings. The maximum Gasteiger partial charge on any atom is 0.290 e. The second kappa shape index (κ2) is 3.57. The average Bonchev–Trinajstić information content (AvgIpc) is 2.55. The number of carbonyl (C=O) groups excluding carboxylic acids is 1. The fourth-order valence-electron chi connectivity index (χ4n) is 0.741. The average molecular weight is 184 g/mol. The highest BCUT2D eigenvalue weighted by molar-refractivity contribution is 5.91. The molecule has 0 aliphatic heterocycles. The van der Waals surface area contributed by atoms with Gasteiger partial charge in [0, 0.05) is 6.07 Å². The molecule has 13 heavy (non-hydrogen) atoms. The molecule has 0 saturated heterocycles. The monoisotopic (exact) mass is 184 g/mol. The predicted octanol–water partition coefficient (Wildman–Crippen LogP) is 0.175. The lowest BCUT2D eigenvalue weighted by Gasteiger charge is -2.22. The van der Waals surface area contributed by atoms with E-state index in [1.54, 1.807) is 13.8 Å². The van der Waals surface area contributed by atoms with Crippen LogP contribution in [0.2, 0.25) is 0 Å². The predicted molar refractivity (Wildman–Crippen MR) is 45.1 cm³/mol. The third kappa shape index (κ3) is 2.55. The van der Waals surface area contributed by atoms with Gasteiger partial charge in [0.05, 0.1) is 18.3 Å². The van der Waals surface area contributed by atoms with Crippen LogP contribution in [0, 0.1) is 0 Å². The maximum absolute atomic E-state index is 11.3. The van der Waals surface area contributed by atoms with Gasteiger partial charge in [0.2, 0.25) is 5.76 Å². The lowest BCUT2D eigenvalue weighted by atomic mass is 10.1. The lowest BCUT2D eigenvalue weighted by Crippen LogP contribution is -2.46. The molecule has 0 radical (unpaired) electrons. The van der Waals surface area contributed by atoms with Crippen LogP contribution in [0.4, 0.5) is 0 Å². The third-order valence-electron chi connectivity index (χ3n) is 1.51. The summed E-state index contributed by atoms with van der Waals surface area (Å²) in [6.07, 6.45) is 1.39. The van der Waals surface area contributed by atoms with Crippen LogP contribution in [-0.2, 0) is 0 Å². The van der Waals surface area contributed by atoms with Crippen molar-refractivity contribution in [3.63, 3.8) is 0 Å². The Labute approximate surface area is 75.7 Å². The first-order valence-electron chi connectivity index (χ1n) is 3.89. The van der Waals surface area contributed by atoms with E-state index >= 15 is 0 Å². The summed E-state index contributed by atoms with van der Waals surface area (Å²) in [4.78, 5) is 11.3. The Morgan fingerprint density at radius 2 is 2.46 bits per heavy atom. The highest BCUT2D eigenvalue weighted by atomic mass is 16.5. The summed E-state index contributed by atoms with van der Waals surface area (Å²) in [5.74, 6) is -0.238. The Balaban J connectivity index is 2.61. The van der Waals surface area contributed by atoms with Crippen molar-refractivity contribution >= 4 is 5.91 Å². The van der Waals surface area contributed by atoms with Crippen molar-refractivity contribution in [2.45, 2.75) is 19.4 Å². The van der Waals surface area contributed by atoms with Crippen LogP contribution in [0.3, 0.4) is 0 Å². The number of hydrogen-bond donors (Lipinski definition) is 2. The van der Waals surface area contributed by atoms with Crippen molar-refractivity contribution in [1.29, 1.82) is 0 Å². The van der Waals surface area contributed by atoms with Crippen molar-refractivity contribution in [1.82, 2.24) is 10.5 Å². The Morgan fingerprint density at radius 1 is 1.77 bits per heavy atom. The molecule has 1 aromatic heterocycles. The van der Waals surface area contributed by atoms with Crippen molar-refractivity contribution in [2.24, 2.45) is 0 Å². The molecule has 0 atom stereocenters. The molecule has 0 aliphatic carbocycles. The van der Waals surface area contributed by atoms with Gasteiger partial charge < -0.3 is 14.9 Å². The molecule has 1 rings (SSSR count). The molecule has 5 nitrogen and oxygen atoms in total. The number of nitrogens with one attached hydrogen (secondary N) is 1. The van der Waals surface area contributed by atoms with Crippen molar-refractivity contribution in [3.8, 4) is 0 Å². The van der Waals surface area contributed by atoms with Crippen molar-refractivity contribution in [3.05, 3.63) is 18.0 Å². The lowest BCUT2D eigenvalue weighted by molar-refractivity contribution is 0.0832. The summed E-state index contributed by atoms with van der Waals surface area (Å²) in [7, 11) is 0. The van der Waals surface area contributed by atoms with Crippen molar-refractivity contribution in [2.75, 3.05) is 6.61 Å². The summed E-state index contributed by atoms with van der Waals surface area (Å²) in [6, 6.07) is 1.46. The molecular formula is C8H12N2O3. The molecule has 1 aromatic rings. The maximum atomic E-state index is 11.3. The van der Waals surface area contributed by atoms with Gasteiger partial charge in [0.25, 0.3) is 5.91 Å². The van der Waals surface area contributed by atoms with Gasteiger partial charge in [-0.2, -0.15) is 0 Å². The zero-order valence-corrected chi connectivity index (χ0v) is 7.57. The molecule has 0 unspecified atom stereocenters. The van der Waals surface area contributed by atoms with Gasteiger partial charge in [-0.3, -0.25) is 4.79 Å². The molecule has 1 heterocycles. The van der Waals surface area contributed by atoms with E-state index in [1.165, 1.54) is 12.3 Å². The van der Waals surface area contributed by atoms with Gasteiger partial charge in [-0.1, -0.05) is 5.16 Å². The largest absolute Gasteiger partial charge is 0.394 e. The van der Waals surface area contributed by atoms with Gasteiger partial charge in [-0.25, -0.2) is 0 Å². The quantitative estimate of drug-likeness (QED) is 0.702. The summed E-state index contributed by atoms with van der Waals surface area (Å²) < 4.78 is 4.64. The van der Waals surface area contributed by atoms with E-state index in [1.807, 2.05) is 0 Å². The zero-order chi connectivity index (χ0) is 9.90. The minimum atomic E-state index is -0.649. The molecule has 0 saturated carbocycles. The smallest absolute Gasteiger partial charge is 0.290 e. The zero-order valence-electron chi connectivity index (χ0n) is 7.57. The van der Waals surface area contributed by atoms with Gasteiger partial charge in [-0.05, 0) is 13.8 Å². The van der Waals surface area contributed by atoms with Crippen LogP contribution in [0.1, 0.15) is 24.4 Å². The minimum absolute atomic E-state index is 0.132. The van der Waals surface area contributed by atoms with Gasteiger partial charge in [0.15, 0.2) is 0 Å². The van der Waals surface area contributed by atoms with Crippen LogP contribution in [0.15, 0.2) is 16.8 Å². The third-order valence-corrected chi connectivity index (χ3v) is 1.51. The number of aliphatic hydroxyl groups is 1. The molecule has 0 aromatic carbocycles. The Hall–Kier alpha value is -1.36. The summed E-state index contributed by atoms with van der Waals surface area (Å²) >= 11 is 0. The molecule has 0 spiro atoms. The van der Waals surface area contributed by atoms with E-state index in [0.29, 0.717) is 0 Å². The van der Waals surface area contributed by atoms with Crippen LogP contribution in [0.25, 0.3) is 0 Å². The molecule has 2 N–H and O–H groups in total.